The van der Waals surface area contributed by atoms with Gasteiger partial charge in [0, 0.05) is 18.2 Å². The van der Waals surface area contributed by atoms with Crippen LogP contribution >= 0.6 is 0 Å². The summed E-state index contributed by atoms with van der Waals surface area (Å²) in [6, 6.07) is 7.93. The maximum absolute atomic E-state index is 11.7. The summed E-state index contributed by atoms with van der Waals surface area (Å²) in [7, 11) is 0. The standard InChI is InChI=1S/C14H22N2O/c1-3-4-12-5-7-13(8-6-12)14(17)16-10-9-11(2)15/h5-8,11H,3-4,9-10,15H2,1-2H3,(H,16,17). The van der Waals surface area contributed by atoms with Gasteiger partial charge in [0.1, 0.15) is 0 Å². The molecule has 0 saturated carbocycles. The van der Waals surface area contributed by atoms with Crippen LogP contribution in [0.4, 0.5) is 0 Å². The zero-order chi connectivity index (χ0) is 12.7. The molecule has 0 spiro atoms. The van der Waals surface area contributed by atoms with Gasteiger partial charge in [-0.3, -0.25) is 4.79 Å². The van der Waals surface area contributed by atoms with E-state index in [1.54, 1.807) is 0 Å². The van der Waals surface area contributed by atoms with E-state index in [1.165, 1.54) is 5.56 Å². The monoisotopic (exact) mass is 234 g/mol. The van der Waals surface area contributed by atoms with Crippen LogP contribution in [0, 0.1) is 0 Å². The Kier molecular flexibility index (Phi) is 5.70. The Morgan fingerprint density at radius 2 is 2.00 bits per heavy atom. The van der Waals surface area contributed by atoms with Crippen molar-refractivity contribution in [2.24, 2.45) is 5.73 Å². The molecule has 0 fully saturated rings. The molecule has 1 unspecified atom stereocenters. The average molecular weight is 234 g/mol. The summed E-state index contributed by atoms with van der Waals surface area (Å²) in [6.07, 6.45) is 2.99. The van der Waals surface area contributed by atoms with Crippen molar-refractivity contribution in [2.45, 2.75) is 39.2 Å². The maximum atomic E-state index is 11.7. The Morgan fingerprint density at radius 3 is 2.53 bits per heavy atom. The van der Waals surface area contributed by atoms with Gasteiger partial charge in [0.05, 0.1) is 0 Å². The molecule has 0 aliphatic carbocycles. The topological polar surface area (TPSA) is 55.1 Å². The molecule has 1 atom stereocenters. The summed E-state index contributed by atoms with van der Waals surface area (Å²) in [4.78, 5) is 11.7. The molecule has 3 heteroatoms. The quantitative estimate of drug-likeness (QED) is 0.792. The van der Waals surface area contributed by atoms with Crippen LogP contribution in [0.15, 0.2) is 24.3 Å². The van der Waals surface area contributed by atoms with Crippen molar-refractivity contribution < 1.29 is 4.79 Å². The minimum Gasteiger partial charge on any atom is -0.352 e. The third-order valence-corrected chi connectivity index (χ3v) is 2.64. The van der Waals surface area contributed by atoms with Crippen molar-refractivity contribution in [3.05, 3.63) is 35.4 Å². The first-order chi connectivity index (χ1) is 8.13. The first kappa shape index (κ1) is 13.7. The Balaban J connectivity index is 2.46. The van der Waals surface area contributed by atoms with Crippen molar-refractivity contribution in [3.8, 4) is 0 Å². The SMILES string of the molecule is CCCc1ccc(C(=O)NCCC(C)N)cc1. The number of nitrogens with two attached hydrogens (primary N) is 1. The molecule has 0 heterocycles. The van der Waals surface area contributed by atoms with Crippen molar-refractivity contribution in [2.75, 3.05) is 6.54 Å². The third kappa shape index (κ3) is 5.00. The first-order valence-electron chi connectivity index (χ1n) is 6.26. The molecular formula is C14H22N2O. The summed E-state index contributed by atoms with van der Waals surface area (Å²) < 4.78 is 0. The van der Waals surface area contributed by atoms with Gasteiger partial charge in [0.25, 0.3) is 5.91 Å². The van der Waals surface area contributed by atoms with Gasteiger partial charge in [-0.25, -0.2) is 0 Å². The van der Waals surface area contributed by atoms with E-state index in [2.05, 4.69) is 12.2 Å². The molecule has 3 nitrogen and oxygen atoms in total. The number of benzene rings is 1. The highest BCUT2D eigenvalue weighted by atomic mass is 16.1. The number of nitrogens with one attached hydrogen (secondary N) is 1. The summed E-state index contributed by atoms with van der Waals surface area (Å²) in [5.74, 6) is -0.0197. The Morgan fingerprint density at radius 1 is 1.35 bits per heavy atom. The van der Waals surface area contributed by atoms with Crippen molar-refractivity contribution in [1.29, 1.82) is 0 Å². The van der Waals surface area contributed by atoms with Gasteiger partial charge in [-0.05, 0) is 37.5 Å². The van der Waals surface area contributed by atoms with Crippen molar-refractivity contribution in [1.82, 2.24) is 5.32 Å². The largest absolute Gasteiger partial charge is 0.352 e. The zero-order valence-corrected chi connectivity index (χ0v) is 10.7. The highest BCUT2D eigenvalue weighted by Gasteiger charge is 2.04. The number of aryl methyl sites for hydroxylation is 1. The Hall–Kier alpha value is -1.35. The second-order valence-corrected chi connectivity index (χ2v) is 4.47. The fraction of sp³-hybridized carbons (Fsp3) is 0.500. The Bertz CT molecular complexity index is 344. The third-order valence-electron chi connectivity index (χ3n) is 2.64. The van der Waals surface area contributed by atoms with Gasteiger partial charge in [-0.2, -0.15) is 0 Å². The molecule has 0 aliphatic rings. The predicted octanol–water partition coefficient (Wildman–Crippen LogP) is 2.11. The lowest BCUT2D eigenvalue weighted by Gasteiger charge is -2.07. The van der Waals surface area contributed by atoms with E-state index in [9.17, 15) is 4.79 Å². The van der Waals surface area contributed by atoms with Crippen LogP contribution in [-0.2, 0) is 6.42 Å². The molecule has 3 N–H and O–H groups in total. The van der Waals surface area contributed by atoms with E-state index in [-0.39, 0.29) is 11.9 Å². The van der Waals surface area contributed by atoms with E-state index in [4.69, 9.17) is 5.73 Å². The summed E-state index contributed by atoms with van der Waals surface area (Å²) in [5, 5.41) is 2.86. The van der Waals surface area contributed by atoms with Gasteiger partial charge >= 0.3 is 0 Å². The zero-order valence-electron chi connectivity index (χ0n) is 10.7. The molecule has 1 aromatic rings. The molecule has 0 bridgehead atoms. The smallest absolute Gasteiger partial charge is 0.251 e. The van der Waals surface area contributed by atoms with Crippen molar-refractivity contribution in [3.63, 3.8) is 0 Å². The fourth-order valence-corrected chi connectivity index (χ4v) is 1.63. The highest BCUT2D eigenvalue weighted by molar-refractivity contribution is 5.94. The van der Waals surface area contributed by atoms with Crippen LogP contribution in [0.5, 0.6) is 0 Å². The number of rotatable bonds is 6. The molecule has 94 valence electrons. The van der Waals surface area contributed by atoms with E-state index in [0.29, 0.717) is 6.54 Å². The van der Waals surface area contributed by atoms with Gasteiger partial charge in [0.15, 0.2) is 0 Å². The Labute approximate surface area is 103 Å². The van der Waals surface area contributed by atoms with Crippen LogP contribution in [-0.4, -0.2) is 18.5 Å². The van der Waals surface area contributed by atoms with Gasteiger partial charge < -0.3 is 11.1 Å². The van der Waals surface area contributed by atoms with Crippen LogP contribution in [0.1, 0.15) is 42.6 Å². The molecule has 1 aromatic carbocycles. The second kappa shape index (κ2) is 7.07. The van der Waals surface area contributed by atoms with Crippen molar-refractivity contribution >= 4 is 5.91 Å². The number of carbonyl (C=O) groups excluding carboxylic acids is 1. The van der Waals surface area contributed by atoms with Crippen LogP contribution in [0.25, 0.3) is 0 Å². The summed E-state index contributed by atoms with van der Waals surface area (Å²) in [6.45, 7) is 4.72. The van der Waals surface area contributed by atoms with Gasteiger partial charge in [-0.15, -0.1) is 0 Å². The molecule has 0 aromatic heterocycles. The average Bonchev–Trinajstić information content (AvgIpc) is 2.30. The maximum Gasteiger partial charge on any atom is 0.251 e. The minimum atomic E-state index is -0.0197. The van der Waals surface area contributed by atoms with E-state index in [1.807, 2.05) is 31.2 Å². The van der Waals surface area contributed by atoms with Gasteiger partial charge in [0.2, 0.25) is 0 Å². The number of hydrogen-bond acceptors (Lipinski definition) is 2. The van der Waals surface area contributed by atoms with E-state index in [0.717, 1.165) is 24.8 Å². The predicted molar refractivity (Wildman–Crippen MR) is 71.0 cm³/mol. The first-order valence-corrected chi connectivity index (χ1v) is 6.26. The second-order valence-electron chi connectivity index (χ2n) is 4.47. The lowest BCUT2D eigenvalue weighted by atomic mass is 10.1. The molecule has 0 aliphatic heterocycles. The summed E-state index contributed by atoms with van der Waals surface area (Å²) in [5.41, 5.74) is 7.61. The van der Waals surface area contributed by atoms with Crippen LogP contribution in [0.2, 0.25) is 0 Å². The lowest BCUT2D eigenvalue weighted by molar-refractivity contribution is 0.0953. The lowest BCUT2D eigenvalue weighted by Crippen LogP contribution is -2.28. The van der Waals surface area contributed by atoms with Gasteiger partial charge in [-0.1, -0.05) is 25.5 Å². The van der Waals surface area contributed by atoms with Crippen LogP contribution < -0.4 is 11.1 Å². The highest BCUT2D eigenvalue weighted by Crippen LogP contribution is 2.06. The fourth-order valence-electron chi connectivity index (χ4n) is 1.63. The van der Waals surface area contributed by atoms with E-state index < -0.39 is 0 Å². The molecular weight excluding hydrogens is 212 g/mol. The normalized spacial score (nSPS) is 12.2. The molecule has 0 saturated heterocycles. The molecule has 1 amide bonds. The van der Waals surface area contributed by atoms with E-state index >= 15 is 0 Å². The molecule has 17 heavy (non-hydrogen) atoms. The molecule has 1 rings (SSSR count). The number of hydrogen-bond donors (Lipinski definition) is 2. The van der Waals surface area contributed by atoms with Crippen LogP contribution in [0.3, 0.4) is 0 Å². The summed E-state index contributed by atoms with van der Waals surface area (Å²) >= 11 is 0. The minimum absolute atomic E-state index is 0.0197. The number of carbonyl (C=O) groups is 1. The molecule has 0 radical (unpaired) electrons. The number of amides is 1.